The maximum absolute atomic E-state index is 11.0. The number of nitrogens with one attached hydrogen (secondary N) is 1. The van der Waals surface area contributed by atoms with E-state index in [9.17, 15) is 10.1 Å². The average Bonchev–Trinajstić information content (AvgIpc) is 2.30. The van der Waals surface area contributed by atoms with Crippen molar-refractivity contribution < 1.29 is 4.92 Å². The molecule has 0 radical (unpaired) electrons. The van der Waals surface area contributed by atoms with Crippen LogP contribution in [-0.4, -0.2) is 11.0 Å². The molecule has 1 aromatic rings. The molecular formula is C12H17IN2O2. The van der Waals surface area contributed by atoms with Crippen molar-refractivity contribution in [1.82, 2.24) is 0 Å². The lowest BCUT2D eigenvalue weighted by molar-refractivity contribution is -0.384. The highest BCUT2D eigenvalue weighted by Gasteiger charge is 2.16. The van der Waals surface area contributed by atoms with E-state index in [1.54, 1.807) is 12.1 Å². The third-order valence-electron chi connectivity index (χ3n) is 2.65. The van der Waals surface area contributed by atoms with E-state index >= 15 is 0 Å². The lowest BCUT2D eigenvalue weighted by atomic mass is 10.1. The molecule has 0 aliphatic heterocycles. The molecule has 4 nitrogen and oxygen atoms in total. The van der Waals surface area contributed by atoms with Gasteiger partial charge >= 0.3 is 0 Å². The Morgan fingerprint density at radius 2 is 2.18 bits per heavy atom. The molecule has 17 heavy (non-hydrogen) atoms. The van der Waals surface area contributed by atoms with Crippen LogP contribution in [0.5, 0.6) is 0 Å². The molecular weight excluding hydrogens is 331 g/mol. The molecule has 94 valence electrons. The number of nitro benzene ring substituents is 1. The highest BCUT2D eigenvalue weighted by molar-refractivity contribution is 14.1. The van der Waals surface area contributed by atoms with E-state index in [0.717, 1.165) is 22.8 Å². The first-order valence-corrected chi connectivity index (χ1v) is 6.86. The van der Waals surface area contributed by atoms with Gasteiger partial charge in [-0.25, -0.2) is 0 Å². The van der Waals surface area contributed by atoms with Gasteiger partial charge in [-0.15, -0.1) is 0 Å². The second kappa shape index (κ2) is 6.78. The van der Waals surface area contributed by atoms with Crippen molar-refractivity contribution in [2.24, 2.45) is 0 Å². The van der Waals surface area contributed by atoms with E-state index in [-0.39, 0.29) is 10.6 Å². The van der Waals surface area contributed by atoms with E-state index in [1.807, 2.05) is 6.07 Å². The van der Waals surface area contributed by atoms with Crippen LogP contribution in [0.1, 0.15) is 33.1 Å². The number of halogens is 1. The summed E-state index contributed by atoms with van der Waals surface area (Å²) in [5.41, 5.74) is 0.780. The van der Waals surface area contributed by atoms with Crippen molar-refractivity contribution in [3.8, 4) is 0 Å². The number of nitrogens with zero attached hydrogens (tertiary/aromatic N) is 1. The Morgan fingerprint density at radius 1 is 1.47 bits per heavy atom. The van der Waals surface area contributed by atoms with Crippen LogP contribution in [0, 0.1) is 13.7 Å². The monoisotopic (exact) mass is 348 g/mol. The largest absolute Gasteiger partial charge is 0.377 e. The number of hydrogen-bond acceptors (Lipinski definition) is 3. The number of anilines is 1. The topological polar surface area (TPSA) is 55.2 Å². The minimum absolute atomic E-state index is 0.159. The summed E-state index contributed by atoms with van der Waals surface area (Å²) in [6.07, 6.45) is 3.07. The molecule has 0 saturated carbocycles. The van der Waals surface area contributed by atoms with Crippen LogP contribution in [0.4, 0.5) is 11.4 Å². The highest BCUT2D eigenvalue weighted by Crippen LogP contribution is 2.27. The van der Waals surface area contributed by atoms with E-state index in [2.05, 4.69) is 41.8 Å². The molecule has 0 aromatic heterocycles. The molecule has 1 unspecified atom stereocenters. The zero-order chi connectivity index (χ0) is 12.8. The maximum Gasteiger partial charge on any atom is 0.293 e. The SMILES string of the molecule is CCCC(CC)Nc1ccc(I)cc1[N+](=O)[O-]. The molecule has 0 saturated heterocycles. The van der Waals surface area contributed by atoms with Crippen LogP contribution in [0.2, 0.25) is 0 Å². The molecule has 1 rings (SSSR count). The van der Waals surface area contributed by atoms with Gasteiger partial charge in [-0.1, -0.05) is 20.3 Å². The summed E-state index contributed by atoms with van der Waals surface area (Å²) < 4.78 is 0.878. The van der Waals surface area contributed by atoms with E-state index in [0.29, 0.717) is 11.7 Å². The van der Waals surface area contributed by atoms with Crippen LogP contribution >= 0.6 is 22.6 Å². The first kappa shape index (κ1) is 14.2. The second-order valence-corrected chi connectivity index (χ2v) is 5.20. The maximum atomic E-state index is 11.0. The number of hydrogen-bond donors (Lipinski definition) is 1. The standard InChI is InChI=1S/C12H17IN2O2/c1-3-5-10(4-2)14-11-7-6-9(13)8-12(11)15(16)17/h6-8,10,14H,3-5H2,1-2H3. The normalized spacial score (nSPS) is 12.2. The van der Waals surface area contributed by atoms with E-state index < -0.39 is 0 Å². The van der Waals surface area contributed by atoms with Crippen molar-refractivity contribution in [2.45, 2.75) is 39.2 Å². The van der Waals surface area contributed by atoms with Gasteiger partial charge in [0.05, 0.1) is 4.92 Å². The summed E-state index contributed by atoms with van der Waals surface area (Å²) in [6.45, 7) is 4.21. The van der Waals surface area contributed by atoms with Crippen LogP contribution < -0.4 is 5.32 Å². The van der Waals surface area contributed by atoms with Gasteiger partial charge < -0.3 is 5.32 Å². The molecule has 1 atom stereocenters. The van der Waals surface area contributed by atoms with Crippen LogP contribution in [0.15, 0.2) is 18.2 Å². The molecule has 0 heterocycles. The van der Waals surface area contributed by atoms with Gasteiger partial charge in [0.25, 0.3) is 5.69 Å². The number of nitro groups is 1. The fraction of sp³-hybridized carbons (Fsp3) is 0.500. The van der Waals surface area contributed by atoms with Crippen LogP contribution in [0.3, 0.4) is 0 Å². The van der Waals surface area contributed by atoms with Gasteiger partial charge in [-0.2, -0.15) is 0 Å². The third-order valence-corrected chi connectivity index (χ3v) is 3.32. The first-order chi connectivity index (χ1) is 8.08. The highest BCUT2D eigenvalue weighted by atomic mass is 127. The summed E-state index contributed by atoms with van der Waals surface area (Å²) in [7, 11) is 0. The van der Waals surface area contributed by atoms with Crippen molar-refractivity contribution >= 4 is 34.0 Å². The van der Waals surface area contributed by atoms with Gasteiger partial charge in [0, 0.05) is 15.7 Å². The summed E-state index contributed by atoms with van der Waals surface area (Å²) >= 11 is 2.08. The smallest absolute Gasteiger partial charge is 0.293 e. The Hall–Kier alpha value is -0.850. The van der Waals surface area contributed by atoms with Crippen molar-refractivity contribution in [3.05, 3.63) is 31.9 Å². The fourth-order valence-electron chi connectivity index (χ4n) is 1.72. The predicted molar refractivity (Wildman–Crippen MR) is 78.4 cm³/mol. The number of rotatable bonds is 6. The van der Waals surface area contributed by atoms with Crippen molar-refractivity contribution in [3.63, 3.8) is 0 Å². The van der Waals surface area contributed by atoms with E-state index in [4.69, 9.17) is 0 Å². The fourth-order valence-corrected chi connectivity index (χ4v) is 2.20. The minimum Gasteiger partial charge on any atom is -0.377 e. The van der Waals surface area contributed by atoms with Gasteiger partial charge in [0.2, 0.25) is 0 Å². The molecule has 0 spiro atoms. The molecule has 0 bridgehead atoms. The first-order valence-electron chi connectivity index (χ1n) is 5.79. The Kier molecular flexibility index (Phi) is 5.67. The molecule has 0 aliphatic carbocycles. The lowest BCUT2D eigenvalue weighted by Gasteiger charge is -2.17. The molecule has 0 aliphatic rings. The Morgan fingerprint density at radius 3 is 2.71 bits per heavy atom. The van der Waals surface area contributed by atoms with Gasteiger partial charge in [-0.05, 0) is 47.6 Å². The lowest BCUT2D eigenvalue weighted by Crippen LogP contribution is -2.18. The average molecular weight is 348 g/mol. The molecule has 0 fully saturated rings. The molecule has 0 amide bonds. The zero-order valence-electron chi connectivity index (χ0n) is 10.1. The quantitative estimate of drug-likeness (QED) is 0.476. The molecule has 1 N–H and O–H groups in total. The van der Waals surface area contributed by atoms with Crippen LogP contribution in [-0.2, 0) is 0 Å². The summed E-state index contributed by atoms with van der Waals surface area (Å²) in [6, 6.07) is 5.58. The van der Waals surface area contributed by atoms with Crippen molar-refractivity contribution in [2.75, 3.05) is 5.32 Å². The van der Waals surface area contributed by atoms with E-state index in [1.165, 1.54) is 0 Å². The van der Waals surface area contributed by atoms with Crippen molar-refractivity contribution in [1.29, 1.82) is 0 Å². The number of benzene rings is 1. The predicted octanol–water partition coefficient (Wildman–Crippen LogP) is 4.19. The van der Waals surface area contributed by atoms with Crippen LogP contribution in [0.25, 0.3) is 0 Å². The Balaban J connectivity index is 2.92. The zero-order valence-corrected chi connectivity index (χ0v) is 12.2. The third kappa shape index (κ3) is 4.14. The van der Waals surface area contributed by atoms with Gasteiger partial charge in [-0.3, -0.25) is 10.1 Å². The van der Waals surface area contributed by atoms with Gasteiger partial charge in [0.1, 0.15) is 5.69 Å². The summed E-state index contributed by atoms with van der Waals surface area (Å²) in [4.78, 5) is 10.6. The Bertz CT molecular complexity index is 396. The summed E-state index contributed by atoms with van der Waals surface area (Å²) in [5, 5.41) is 14.2. The minimum atomic E-state index is -0.330. The molecule has 5 heteroatoms. The Labute approximate surface area is 115 Å². The molecule has 1 aromatic carbocycles. The second-order valence-electron chi connectivity index (χ2n) is 3.96. The summed E-state index contributed by atoms with van der Waals surface area (Å²) in [5.74, 6) is 0. The van der Waals surface area contributed by atoms with Gasteiger partial charge in [0.15, 0.2) is 0 Å².